The van der Waals surface area contributed by atoms with Crippen molar-refractivity contribution >= 4 is 35.0 Å². The number of hydrogen-bond donors (Lipinski definition) is 0. The van der Waals surface area contributed by atoms with E-state index in [2.05, 4.69) is 4.99 Å². The maximum absolute atomic E-state index is 12.1. The molecule has 0 saturated heterocycles. The first-order chi connectivity index (χ1) is 12.4. The molecule has 26 heavy (non-hydrogen) atoms. The number of hydrogen-bond acceptors (Lipinski definition) is 8. The molecular weight excluding hydrogens is 360 g/mol. The summed E-state index contributed by atoms with van der Waals surface area (Å²) in [7, 11) is 2.80. The summed E-state index contributed by atoms with van der Waals surface area (Å²) >= 11 is 1.43. The number of aliphatic imine (C=N–C) groups is 1. The van der Waals surface area contributed by atoms with Gasteiger partial charge in [0.2, 0.25) is 5.90 Å². The van der Waals surface area contributed by atoms with Crippen LogP contribution in [0.3, 0.4) is 0 Å². The lowest BCUT2D eigenvalue weighted by Crippen LogP contribution is -2.03. The maximum atomic E-state index is 12.1. The summed E-state index contributed by atoms with van der Waals surface area (Å²) in [5.74, 6) is 0.0283. The molecule has 9 heteroatoms. The number of nitro groups is 1. The van der Waals surface area contributed by atoms with Crippen molar-refractivity contribution in [2.75, 3.05) is 14.2 Å². The molecule has 1 aliphatic heterocycles. The Labute approximate surface area is 152 Å². The van der Waals surface area contributed by atoms with Crippen LogP contribution in [0.15, 0.2) is 35.0 Å². The van der Waals surface area contributed by atoms with Crippen molar-refractivity contribution in [2.45, 2.75) is 6.92 Å². The molecule has 0 N–H and O–H groups in total. The highest BCUT2D eigenvalue weighted by Gasteiger charge is 2.27. The fraction of sp³-hybridized carbons (Fsp3) is 0.176. The second-order valence-electron chi connectivity index (χ2n) is 5.27. The van der Waals surface area contributed by atoms with Gasteiger partial charge in [0.05, 0.1) is 35.6 Å². The zero-order valence-corrected chi connectivity index (χ0v) is 15.0. The van der Waals surface area contributed by atoms with Crippen molar-refractivity contribution in [2.24, 2.45) is 4.99 Å². The number of methoxy groups -OCH3 is 2. The molecule has 0 bridgehead atoms. The molecule has 1 aliphatic rings. The zero-order valence-electron chi connectivity index (χ0n) is 14.1. The highest BCUT2D eigenvalue weighted by molar-refractivity contribution is 7.14. The van der Waals surface area contributed by atoms with Gasteiger partial charge < -0.3 is 14.2 Å². The molecule has 0 radical (unpaired) electrons. The standard InChI is InChI=1S/C17H14N2O6S/c1-9-4-5-15(26-9)16-18-11(17(20)25-16)6-10-7-13(23-2)14(24-3)8-12(10)19(21)22/h4-8H,1-3H3/b11-6-. The van der Waals surface area contributed by atoms with Crippen molar-refractivity contribution in [1.29, 1.82) is 0 Å². The second kappa shape index (κ2) is 6.96. The van der Waals surface area contributed by atoms with Crippen LogP contribution < -0.4 is 9.47 Å². The van der Waals surface area contributed by atoms with Gasteiger partial charge in [0, 0.05) is 4.88 Å². The Hall–Kier alpha value is -3.20. The lowest BCUT2D eigenvalue weighted by molar-refractivity contribution is -0.385. The number of benzene rings is 1. The SMILES string of the molecule is COc1cc(/C=C2\N=C(c3ccc(C)s3)OC2=O)c([N+](=O)[O-])cc1OC. The Bertz CT molecular complexity index is 960. The van der Waals surface area contributed by atoms with Crippen LogP contribution in [0, 0.1) is 17.0 Å². The van der Waals surface area contributed by atoms with E-state index in [9.17, 15) is 14.9 Å². The van der Waals surface area contributed by atoms with Crippen LogP contribution in [0.2, 0.25) is 0 Å². The first-order valence-electron chi connectivity index (χ1n) is 7.42. The minimum atomic E-state index is -0.671. The number of aryl methyl sites for hydroxylation is 1. The van der Waals surface area contributed by atoms with Crippen LogP contribution in [0.5, 0.6) is 11.5 Å². The number of thiophene rings is 1. The number of carbonyl (C=O) groups excluding carboxylic acids is 1. The van der Waals surface area contributed by atoms with Gasteiger partial charge in [-0.05, 0) is 31.2 Å². The van der Waals surface area contributed by atoms with Gasteiger partial charge in [0.15, 0.2) is 17.2 Å². The van der Waals surface area contributed by atoms with Crippen molar-refractivity contribution in [1.82, 2.24) is 0 Å². The number of rotatable bonds is 5. The lowest BCUT2D eigenvalue weighted by atomic mass is 10.1. The number of nitro benzene ring substituents is 1. The number of cyclic esters (lactones) is 1. The fourth-order valence-corrected chi connectivity index (χ4v) is 3.16. The average Bonchev–Trinajstić information content (AvgIpc) is 3.20. The van der Waals surface area contributed by atoms with Gasteiger partial charge in [-0.3, -0.25) is 10.1 Å². The van der Waals surface area contributed by atoms with Crippen molar-refractivity contribution < 1.29 is 23.9 Å². The average molecular weight is 374 g/mol. The summed E-state index contributed by atoms with van der Waals surface area (Å²) in [6.45, 7) is 1.93. The summed E-state index contributed by atoms with van der Waals surface area (Å²) in [4.78, 5) is 28.8. The Morgan fingerprint density at radius 2 is 1.92 bits per heavy atom. The molecule has 2 heterocycles. The Kier molecular flexibility index (Phi) is 4.72. The van der Waals surface area contributed by atoms with Crippen molar-refractivity contribution in [3.05, 3.63) is 55.4 Å². The van der Waals surface area contributed by atoms with Gasteiger partial charge in [0.25, 0.3) is 5.69 Å². The second-order valence-corrected chi connectivity index (χ2v) is 6.56. The van der Waals surface area contributed by atoms with Gasteiger partial charge >= 0.3 is 5.97 Å². The van der Waals surface area contributed by atoms with Crippen LogP contribution in [0.4, 0.5) is 5.69 Å². The molecule has 1 aromatic heterocycles. The van der Waals surface area contributed by atoms with E-state index in [0.29, 0.717) is 10.6 Å². The molecule has 0 unspecified atom stereocenters. The number of nitrogens with zero attached hydrogens (tertiary/aromatic N) is 2. The Morgan fingerprint density at radius 3 is 2.50 bits per heavy atom. The minimum absolute atomic E-state index is 0.0265. The predicted molar refractivity (Wildman–Crippen MR) is 95.9 cm³/mol. The summed E-state index contributed by atoms with van der Waals surface area (Å²) in [6.07, 6.45) is 1.30. The number of ether oxygens (including phenoxy) is 3. The largest absolute Gasteiger partial charge is 0.493 e. The topological polar surface area (TPSA) is 100 Å². The normalized spacial score (nSPS) is 15.0. The van der Waals surface area contributed by atoms with Gasteiger partial charge in [-0.15, -0.1) is 11.3 Å². The van der Waals surface area contributed by atoms with Gasteiger partial charge in [-0.1, -0.05) is 0 Å². The molecule has 0 spiro atoms. The molecule has 8 nitrogen and oxygen atoms in total. The third-order valence-corrected chi connectivity index (χ3v) is 4.58. The zero-order chi connectivity index (χ0) is 18.8. The fourth-order valence-electron chi connectivity index (χ4n) is 2.37. The lowest BCUT2D eigenvalue weighted by Gasteiger charge is -2.08. The van der Waals surface area contributed by atoms with Gasteiger partial charge in [0.1, 0.15) is 0 Å². The number of esters is 1. The van der Waals surface area contributed by atoms with Gasteiger partial charge in [-0.2, -0.15) is 0 Å². The Morgan fingerprint density at radius 1 is 1.23 bits per heavy atom. The van der Waals surface area contributed by atoms with Crippen molar-refractivity contribution in [3.63, 3.8) is 0 Å². The minimum Gasteiger partial charge on any atom is -0.493 e. The third kappa shape index (κ3) is 3.29. The van der Waals surface area contributed by atoms with Gasteiger partial charge in [-0.25, -0.2) is 9.79 Å². The first-order valence-corrected chi connectivity index (χ1v) is 8.24. The molecule has 1 aromatic carbocycles. The number of carbonyl (C=O) groups is 1. The first kappa shape index (κ1) is 17.6. The smallest absolute Gasteiger partial charge is 0.363 e. The van der Waals surface area contributed by atoms with Crippen LogP contribution in [-0.2, 0) is 9.53 Å². The molecule has 3 rings (SSSR count). The van der Waals surface area contributed by atoms with E-state index >= 15 is 0 Å². The summed E-state index contributed by atoms with van der Waals surface area (Å²) in [5, 5.41) is 11.4. The molecule has 0 aliphatic carbocycles. The molecule has 0 fully saturated rings. The highest BCUT2D eigenvalue weighted by atomic mass is 32.1. The molecular formula is C17H14N2O6S. The van der Waals surface area contributed by atoms with E-state index in [0.717, 1.165) is 4.88 Å². The quantitative estimate of drug-likeness (QED) is 0.344. The van der Waals surface area contributed by atoms with E-state index in [-0.39, 0.29) is 28.6 Å². The molecule has 0 amide bonds. The van der Waals surface area contributed by atoms with E-state index in [4.69, 9.17) is 14.2 Å². The summed E-state index contributed by atoms with van der Waals surface area (Å²) in [5.41, 5.74) is -0.105. The molecule has 2 aromatic rings. The van der Waals surface area contributed by atoms with Crippen LogP contribution in [-0.4, -0.2) is 31.0 Å². The maximum Gasteiger partial charge on any atom is 0.363 e. The molecule has 134 valence electrons. The molecule has 0 atom stereocenters. The highest BCUT2D eigenvalue weighted by Crippen LogP contribution is 2.36. The summed E-state index contributed by atoms with van der Waals surface area (Å²) in [6, 6.07) is 6.34. The summed E-state index contributed by atoms with van der Waals surface area (Å²) < 4.78 is 15.4. The van der Waals surface area contributed by atoms with Crippen LogP contribution >= 0.6 is 11.3 Å². The monoisotopic (exact) mass is 374 g/mol. The van der Waals surface area contributed by atoms with E-state index in [1.54, 1.807) is 6.07 Å². The van der Waals surface area contributed by atoms with E-state index in [1.165, 1.54) is 43.8 Å². The van der Waals surface area contributed by atoms with Crippen molar-refractivity contribution in [3.8, 4) is 11.5 Å². The van der Waals surface area contributed by atoms with Crippen LogP contribution in [0.25, 0.3) is 6.08 Å². The van der Waals surface area contributed by atoms with E-state index in [1.807, 2.05) is 13.0 Å². The van der Waals surface area contributed by atoms with E-state index < -0.39 is 10.9 Å². The Balaban J connectivity index is 2.07. The third-order valence-electron chi connectivity index (χ3n) is 3.59. The predicted octanol–water partition coefficient (Wildman–Crippen LogP) is 3.33. The molecule has 0 saturated carbocycles. The van der Waals surface area contributed by atoms with Crippen LogP contribution in [0.1, 0.15) is 15.3 Å².